The second-order valence-corrected chi connectivity index (χ2v) is 8.72. The molecular formula is C21H23FN4O3S. The molecule has 0 aliphatic carbocycles. The number of aryl methyl sites for hydroxylation is 1. The van der Waals surface area contributed by atoms with E-state index in [9.17, 15) is 17.6 Å². The maximum Gasteiger partial charge on any atom is 0.251 e. The lowest BCUT2D eigenvalue weighted by atomic mass is 10.1. The van der Waals surface area contributed by atoms with Crippen molar-refractivity contribution in [3.8, 4) is 0 Å². The number of imidazole rings is 1. The number of nitrogens with one attached hydrogen (secondary N) is 1. The number of benzene rings is 2. The Morgan fingerprint density at radius 3 is 2.53 bits per heavy atom. The van der Waals surface area contributed by atoms with Crippen molar-refractivity contribution < 1.29 is 17.6 Å². The first-order valence-corrected chi connectivity index (χ1v) is 11.2. The van der Waals surface area contributed by atoms with Crippen LogP contribution in [0.25, 0.3) is 0 Å². The van der Waals surface area contributed by atoms with Gasteiger partial charge in [0.25, 0.3) is 5.91 Å². The minimum absolute atomic E-state index is 0.134. The maximum atomic E-state index is 14.0. The topological polar surface area (TPSA) is 84.3 Å². The number of hydrogen-bond donors (Lipinski definition) is 1. The van der Waals surface area contributed by atoms with Crippen LogP contribution in [0.1, 0.15) is 22.3 Å². The lowest BCUT2D eigenvalue weighted by Gasteiger charge is -2.23. The van der Waals surface area contributed by atoms with Crippen molar-refractivity contribution in [2.24, 2.45) is 0 Å². The number of rotatable bonds is 9. The Morgan fingerprint density at radius 2 is 1.90 bits per heavy atom. The lowest BCUT2D eigenvalue weighted by Crippen LogP contribution is -2.30. The summed E-state index contributed by atoms with van der Waals surface area (Å²) < 4.78 is 41.5. The molecular weight excluding hydrogens is 407 g/mol. The van der Waals surface area contributed by atoms with Crippen LogP contribution in [0.2, 0.25) is 0 Å². The fourth-order valence-electron chi connectivity index (χ4n) is 2.95. The second kappa shape index (κ2) is 9.53. The molecule has 0 atom stereocenters. The molecule has 0 fully saturated rings. The van der Waals surface area contributed by atoms with Gasteiger partial charge in [-0.2, -0.15) is 0 Å². The number of carbonyl (C=O) groups is 1. The van der Waals surface area contributed by atoms with Gasteiger partial charge < -0.3 is 9.88 Å². The largest absolute Gasteiger partial charge is 0.352 e. The minimum atomic E-state index is -3.65. The van der Waals surface area contributed by atoms with Crippen LogP contribution in [0.4, 0.5) is 10.1 Å². The van der Waals surface area contributed by atoms with Crippen molar-refractivity contribution in [3.63, 3.8) is 0 Å². The lowest BCUT2D eigenvalue weighted by molar-refractivity contribution is 0.0952. The fourth-order valence-corrected chi connectivity index (χ4v) is 3.82. The van der Waals surface area contributed by atoms with Crippen molar-refractivity contribution in [3.05, 3.63) is 84.2 Å². The van der Waals surface area contributed by atoms with Crippen LogP contribution in [0.3, 0.4) is 0 Å². The molecule has 30 heavy (non-hydrogen) atoms. The third-order valence-corrected chi connectivity index (χ3v) is 5.67. The highest BCUT2D eigenvalue weighted by Gasteiger charge is 2.19. The van der Waals surface area contributed by atoms with E-state index in [-0.39, 0.29) is 18.0 Å². The van der Waals surface area contributed by atoms with Gasteiger partial charge >= 0.3 is 0 Å². The summed E-state index contributed by atoms with van der Waals surface area (Å²) in [7, 11) is -3.65. The molecule has 0 saturated carbocycles. The first-order chi connectivity index (χ1) is 14.3. The molecule has 3 aromatic rings. The molecule has 0 aliphatic heterocycles. The highest BCUT2D eigenvalue weighted by Crippen LogP contribution is 2.22. The first kappa shape index (κ1) is 21.5. The molecule has 158 valence electrons. The summed E-state index contributed by atoms with van der Waals surface area (Å²) >= 11 is 0. The summed E-state index contributed by atoms with van der Waals surface area (Å²) in [4.78, 5) is 16.3. The van der Waals surface area contributed by atoms with Crippen LogP contribution in [0.15, 0.2) is 67.3 Å². The first-order valence-electron chi connectivity index (χ1n) is 9.40. The Hall–Kier alpha value is -3.20. The predicted octanol–water partition coefficient (Wildman–Crippen LogP) is 2.81. The predicted molar refractivity (Wildman–Crippen MR) is 113 cm³/mol. The number of halogens is 1. The average Bonchev–Trinajstić information content (AvgIpc) is 3.23. The molecule has 0 saturated heterocycles. The van der Waals surface area contributed by atoms with Crippen LogP contribution >= 0.6 is 0 Å². The van der Waals surface area contributed by atoms with E-state index < -0.39 is 15.8 Å². The smallest absolute Gasteiger partial charge is 0.251 e. The third kappa shape index (κ3) is 5.66. The molecule has 0 bridgehead atoms. The van der Waals surface area contributed by atoms with Crippen LogP contribution < -0.4 is 9.62 Å². The molecule has 1 heterocycles. The van der Waals surface area contributed by atoms with Gasteiger partial charge in [0.2, 0.25) is 10.0 Å². The minimum Gasteiger partial charge on any atom is -0.352 e. The molecule has 9 heteroatoms. The van der Waals surface area contributed by atoms with E-state index in [4.69, 9.17) is 0 Å². The Balaban J connectivity index is 1.64. The Labute approximate surface area is 175 Å². The number of hydrogen-bond acceptors (Lipinski definition) is 4. The number of nitrogens with zero attached hydrogens (tertiary/aromatic N) is 3. The summed E-state index contributed by atoms with van der Waals surface area (Å²) in [6, 6.07) is 12.2. The van der Waals surface area contributed by atoms with Gasteiger partial charge in [-0.05, 0) is 36.8 Å². The molecule has 1 N–H and O–H groups in total. The number of carbonyl (C=O) groups excluding carboxylic acids is 1. The van der Waals surface area contributed by atoms with Gasteiger partial charge in [-0.25, -0.2) is 17.8 Å². The molecule has 7 nitrogen and oxygen atoms in total. The normalized spacial score (nSPS) is 11.3. The van der Waals surface area contributed by atoms with Gasteiger partial charge in [-0.15, -0.1) is 0 Å². The van der Waals surface area contributed by atoms with Crippen LogP contribution in [0, 0.1) is 5.82 Å². The van der Waals surface area contributed by atoms with Gasteiger partial charge in [0.15, 0.2) is 0 Å². The van der Waals surface area contributed by atoms with E-state index >= 15 is 0 Å². The Morgan fingerprint density at radius 1 is 1.17 bits per heavy atom. The zero-order chi connectivity index (χ0) is 21.6. The van der Waals surface area contributed by atoms with Gasteiger partial charge in [0, 0.05) is 36.6 Å². The van der Waals surface area contributed by atoms with E-state index in [1.807, 2.05) is 10.8 Å². The zero-order valence-corrected chi connectivity index (χ0v) is 17.3. The number of aromatic nitrogens is 2. The quantitative estimate of drug-likeness (QED) is 0.529. The van der Waals surface area contributed by atoms with Gasteiger partial charge in [-0.3, -0.25) is 9.10 Å². The number of sulfonamides is 1. The average molecular weight is 431 g/mol. The van der Waals surface area contributed by atoms with E-state index in [1.54, 1.807) is 55.0 Å². The molecule has 3 rings (SSSR count). The van der Waals surface area contributed by atoms with Crippen LogP contribution in [-0.4, -0.2) is 36.7 Å². The van der Waals surface area contributed by atoms with Gasteiger partial charge in [0.1, 0.15) is 5.82 Å². The maximum absolute atomic E-state index is 14.0. The SMILES string of the molecule is CS(=O)(=O)N(Cc1ccccc1F)c1ccc(C(=O)NCCCn2ccnc2)cc1. The highest BCUT2D eigenvalue weighted by molar-refractivity contribution is 7.92. The Kier molecular flexibility index (Phi) is 6.83. The summed E-state index contributed by atoms with van der Waals surface area (Å²) in [6.45, 7) is 1.12. The third-order valence-electron chi connectivity index (χ3n) is 4.53. The zero-order valence-electron chi connectivity index (χ0n) is 16.5. The van der Waals surface area contributed by atoms with Crippen LogP contribution in [-0.2, 0) is 23.1 Å². The molecule has 0 aliphatic rings. The van der Waals surface area contributed by atoms with E-state index in [1.165, 1.54) is 6.07 Å². The van der Waals surface area contributed by atoms with E-state index in [2.05, 4.69) is 10.3 Å². The molecule has 2 aromatic carbocycles. The van der Waals surface area contributed by atoms with Crippen molar-refractivity contribution >= 4 is 21.6 Å². The van der Waals surface area contributed by atoms with E-state index in [0.717, 1.165) is 23.5 Å². The molecule has 1 amide bonds. The highest BCUT2D eigenvalue weighted by atomic mass is 32.2. The molecule has 0 unspecified atom stereocenters. The van der Waals surface area contributed by atoms with E-state index in [0.29, 0.717) is 17.8 Å². The number of amides is 1. The summed E-state index contributed by atoms with van der Waals surface area (Å²) in [5, 5.41) is 2.83. The summed E-state index contributed by atoms with van der Waals surface area (Å²) in [6.07, 6.45) is 7.09. The molecule has 0 radical (unpaired) electrons. The van der Waals surface area contributed by atoms with Crippen molar-refractivity contribution in [2.45, 2.75) is 19.5 Å². The van der Waals surface area contributed by atoms with Crippen molar-refractivity contribution in [1.29, 1.82) is 0 Å². The molecule has 1 aromatic heterocycles. The van der Waals surface area contributed by atoms with Gasteiger partial charge in [-0.1, -0.05) is 18.2 Å². The summed E-state index contributed by atoms with van der Waals surface area (Å²) in [5.41, 5.74) is 1.04. The van der Waals surface area contributed by atoms with Crippen LogP contribution in [0.5, 0.6) is 0 Å². The standard InChI is InChI=1S/C21H23FN4O3S/c1-30(28,29)26(15-18-5-2-3-6-20(18)22)19-9-7-17(8-10-19)21(27)24-11-4-13-25-14-12-23-16-25/h2-3,5-10,12,14,16H,4,11,13,15H2,1H3,(H,24,27). The monoisotopic (exact) mass is 430 g/mol. The number of anilines is 1. The van der Waals surface area contributed by atoms with Crippen molar-refractivity contribution in [1.82, 2.24) is 14.9 Å². The second-order valence-electron chi connectivity index (χ2n) is 6.82. The summed E-state index contributed by atoms with van der Waals surface area (Å²) in [5.74, 6) is -0.718. The van der Waals surface area contributed by atoms with Crippen molar-refractivity contribution in [2.75, 3.05) is 17.1 Å². The Bertz CT molecular complexity index is 1080. The molecule has 0 spiro atoms. The fraction of sp³-hybridized carbons (Fsp3) is 0.238. The van der Waals surface area contributed by atoms with Gasteiger partial charge in [0.05, 0.1) is 24.8 Å².